The molecule has 298 valence electrons. The van der Waals surface area contributed by atoms with E-state index in [1.54, 1.807) is 18.2 Å². The van der Waals surface area contributed by atoms with Gasteiger partial charge in [-0.2, -0.15) is 13.2 Å². The molecule has 58 heavy (non-hydrogen) atoms. The van der Waals surface area contributed by atoms with Gasteiger partial charge in [-0.25, -0.2) is 0 Å². The van der Waals surface area contributed by atoms with E-state index in [9.17, 15) is 18.0 Å². The summed E-state index contributed by atoms with van der Waals surface area (Å²) in [5.41, 5.74) is 4.37. The van der Waals surface area contributed by atoms with Crippen molar-refractivity contribution < 1.29 is 18.0 Å². The van der Waals surface area contributed by atoms with E-state index < -0.39 is 11.7 Å². The lowest BCUT2D eigenvalue weighted by atomic mass is 9.66. The molecule has 4 aromatic carbocycles. The number of aromatic nitrogens is 2. The van der Waals surface area contributed by atoms with Crippen LogP contribution < -0.4 is 16.0 Å². The Morgan fingerprint density at radius 3 is 2.19 bits per heavy atom. The van der Waals surface area contributed by atoms with Gasteiger partial charge in [-0.1, -0.05) is 72.3 Å². The fourth-order valence-electron chi connectivity index (χ4n) is 11.3. The van der Waals surface area contributed by atoms with E-state index in [0.29, 0.717) is 16.3 Å². The van der Waals surface area contributed by atoms with Crippen LogP contribution in [0.2, 0.25) is 5.02 Å². The first-order valence-electron chi connectivity index (χ1n) is 20.9. The average molecular weight is 802 g/mol. The minimum absolute atomic E-state index is 0.00106. The molecule has 2 aromatic heterocycles. The Labute approximate surface area is 341 Å². The first kappa shape index (κ1) is 37.7. The van der Waals surface area contributed by atoms with Gasteiger partial charge in [0.1, 0.15) is 0 Å². The van der Waals surface area contributed by atoms with Gasteiger partial charge in [0.25, 0.3) is 0 Å². The molecule has 1 saturated carbocycles. The Morgan fingerprint density at radius 2 is 1.43 bits per heavy atom. The molecular weight excluding hydrogens is 755 g/mol. The molecule has 4 unspecified atom stereocenters. The number of carbonyl (C=O) groups is 1. The lowest BCUT2D eigenvalue weighted by Gasteiger charge is -2.44. The van der Waals surface area contributed by atoms with Crippen LogP contribution in [0.15, 0.2) is 91.3 Å². The van der Waals surface area contributed by atoms with Crippen molar-refractivity contribution in [1.82, 2.24) is 25.9 Å². The van der Waals surface area contributed by atoms with Crippen molar-refractivity contribution in [2.75, 3.05) is 32.7 Å². The number of hydrogen-bond donors (Lipinski definition) is 3. The van der Waals surface area contributed by atoms with Crippen LogP contribution in [0.1, 0.15) is 85.1 Å². The Bertz CT molecular complexity index is 2550. The van der Waals surface area contributed by atoms with E-state index in [4.69, 9.17) is 16.6 Å². The quantitative estimate of drug-likeness (QED) is 0.162. The summed E-state index contributed by atoms with van der Waals surface area (Å²) in [6.45, 7) is 4.02. The van der Waals surface area contributed by atoms with Crippen molar-refractivity contribution in [2.45, 2.75) is 68.9 Å². The summed E-state index contributed by atoms with van der Waals surface area (Å²) in [4.78, 5) is 22.4. The number of amides is 1. The predicted molar refractivity (Wildman–Crippen MR) is 225 cm³/mol. The zero-order valence-corrected chi connectivity index (χ0v) is 33.1. The summed E-state index contributed by atoms with van der Waals surface area (Å²) in [6, 6.07) is 26.4. The maximum Gasteiger partial charge on any atom is 0.418 e. The molecule has 1 spiro atoms. The number of halogens is 4. The largest absolute Gasteiger partial charge is 0.418 e. The van der Waals surface area contributed by atoms with Crippen LogP contribution in [-0.2, 0) is 11.0 Å². The molecule has 3 N–H and O–H groups in total. The van der Waals surface area contributed by atoms with E-state index in [0.717, 1.165) is 112 Å². The minimum Gasteiger partial charge on any atom is -0.356 e. The van der Waals surface area contributed by atoms with Gasteiger partial charge >= 0.3 is 6.18 Å². The van der Waals surface area contributed by atoms with Crippen molar-refractivity contribution in [3.05, 3.63) is 119 Å². The van der Waals surface area contributed by atoms with Crippen molar-refractivity contribution in [3.63, 3.8) is 0 Å². The highest BCUT2D eigenvalue weighted by molar-refractivity contribution is 6.35. The molecule has 1 amide bonds. The maximum absolute atomic E-state index is 14.1. The third kappa shape index (κ3) is 6.54. The zero-order chi connectivity index (χ0) is 39.6. The molecule has 4 fully saturated rings. The first-order valence-corrected chi connectivity index (χ1v) is 21.3. The Morgan fingerprint density at radius 1 is 0.672 bits per heavy atom. The van der Waals surface area contributed by atoms with Gasteiger partial charge in [-0.3, -0.25) is 14.8 Å². The van der Waals surface area contributed by atoms with Gasteiger partial charge < -0.3 is 16.0 Å². The second-order valence-corrected chi connectivity index (χ2v) is 17.6. The molecule has 6 aromatic rings. The standard InChI is InChI=1S/C48H47ClF3N5O/c49-43-11-10-32(33-14-19-53-24-39(33)40-25-54-20-15-36(40)45-35-6-2-1-5-34(35)42(27-57-45)48(50,51)52)41-26-56-44(23-38(41)43)30-9-8-28-4-3-7-31(37(28)22-30)29-12-16-47(17-13-29)18-21-55-46(47)58/h1-11,22-23,26-27,29,33,36,39-40,53-54H,12-21,24-25H2,(H,55,58). The van der Waals surface area contributed by atoms with Crippen LogP contribution in [-0.4, -0.2) is 48.6 Å². The topological polar surface area (TPSA) is 78.9 Å². The number of rotatable bonds is 5. The number of benzene rings is 4. The molecular formula is C48H47ClF3N5O. The molecule has 10 heteroatoms. The predicted octanol–water partition coefficient (Wildman–Crippen LogP) is 10.5. The number of pyridine rings is 2. The SMILES string of the molecule is O=C1NCCC12CCC(c1cccc3ccc(-c4cc5c(Cl)ccc(C6CCNCC6C6CNCCC6c6ncc(C(F)(F)F)c7ccccc67)c5cn4)cc13)CC2. The third-order valence-electron chi connectivity index (χ3n) is 14.3. The van der Waals surface area contributed by atoms with Crippen LogP contribution in [0.5, 0.6) is 0 Å². The summed E-state index contributed by atoms with van der Waals surface area (Å²) >= 11 is 7.03. The van der Waals surface area contributed by atoms with Crippen LogP contribution in [0.25, 0.3) is 43.6 Å². The molecule has 0 radical (unpaired) electrons. The Balaban J connectivity index is 0.981. The second kappa shape index (κ2) is 14.9. The number of piperidine rings is 2. The zero-order valence-electron chi connectivity index (χ0n) is 32.3. The lowest BCUT2D eigenvalue weighted by molar-refractivity contribution is -0.136. The van der Waals surface area contributed by atoms with Gasteiger partial charge in [0.2, 0.25) is 5.91 Å². The van der Waals surface area contributed by atoms with Crippen molar-refractivity contribution in [1.29, 1.82) is 0 Å². The number of alkyl halides is 3. The van der Waals surface area contributed by atoms with Crippen LogP contribution in [0.3, 0.4) is 0 Å². The fourth-order valence-corrected chi connectivity index (χ4v) is 11.5. The van der Waals surface area contributed by atoms with Gasteiger partial charge in [-0.15, -0.1) is 0 Å². The molecule has 5 heterocycles. The second-order valence-electron chi connectivity index (χ2n) is 17.2. The van der Waals surface area contributed by atoms with E-state index in [1.807, 2.05) is 18.3 Å². The monoisotopic (exact) mass is 801 g/mol. The number of fused-ring (bicyclic) bond motifs is 3. The fraction of sp³-hybridized carbons (Fsp3) is 0.396. The number of nitrogens with zero attached hydrogens (tertiary/aromatic N) is 2. The molecule has 3 aliphatic heterocycles. The Kier molecular flexibility index (Phi) is 9.69. The summed E-state index contributed by atoms with van der Waals surface area (Å²) < 4.78 is 42.3. The number of hydrogen-bond acceptors (Lipinski definition) is 5. The van der Waals surface area contributed by atoms with Crippen molar-refractivity contribution >= 4 is 49.8 Å². The summed E-state index contributed by atoms with van der Waals surface area (Å²) in [7, 11) is 0. The van der Waals surface area contributed by atoms with E-state index in [1.165, 1.54) is 21.9 Å². The van der Waals surface area contributed by atoms with Gasteiger partial charge in [0.15, 0.2) is 0 Å². The molecule has 1 aliphatic carbocycles. The van der Waals surface area contributed by atoms with Crippen molar-refractivity contribution in [3.8, 4) is 11.3 Å². The summed E-state index contributed by atoms with van der Waals surface area (Å²) in [5.74, 6) is 1.19. The van der Waals surface area contributed by atoms with Gasteiger partial charge in [0.05, 0.1) is 22.4 Å². The number of carbonyl (C=O) groups excluding carboxylic acids is 1. The normalized spacial score (nSPS) is 26.8. The summed E-state index contributed by atoms with van der Waals surface area (Å²) in [6.07, 6.45) is 5.13. The van der Waals surface area contributed by atoms with Gasteiger partial charge in [-0.05, 0) is 140 Å². The third-order valence-corrected chi connectivity index (χ3v) is 14.7. The molecule has 10 rings (SSSR count). The van der Waals surface area contributed by atoms with Gasteiger partial charge in [0, 0.05) is 51.6 Å². The maximum atomic E-state index is 14.1. The van der Waals surface area contributed by atoms with Crippen molar-refractivity contribution in [2.24, 2.45) is 17.3 Å². The van der Waals surface area contributed by atoms with Crippen LogP contribution in [0.4, 0.5) is 13.2 Å². The van der Waals surface area contributed by atoms with Crippen LogP contribution >= 0.6 is 11.6 Å². The summed E-state index contributed by atoms with van der Waals surface area (Å²) in [5, 5.41) is 16.3. The average Bonchev–Trinajstić information content (AvgIpc) is 3.61. The highest BCUT2D eigenvalue weighted by Crippen LogP contribution is 2.50. The lowest BCUT2D eigenvalue weighted by Crippen LogP contribution is -2.47. The highest BCUT2D eigenvalue weighted by Gasteiger charge is 2.45. The smallest absolute Gasteiger partial charge is 0.356 e. The van der Waals surface area contributed by atoms with E-state index >= 15 is 0 Å². The van der Waals surface area contributed by atoms with Crippen LogP contribution in [0, 0.1) is 17.3 Å². The first-order chi connectivity index (χ1) is 28.2. The van der Waals surface area contributed by atoms with E-state index in [-0.39, 0.29) is 40.4 Å². The molecule has 0 bridgehead atoms. The minimum atomic E-state index is -4.48. The molecule has 4 atom stereocenters. The number of nitrogens with one attached hydrogen (secondary N) is 3. The molecule has 3 saturated heterocycles. The Hall–Kier alpha value is -4.57. The molecule has 6 nitrogen and oxygen atoms in total. The molecule has 4 aliphatic rings. The highest BCUT2D eigenvalue weighted by atomic mass is 35.5. The van der Waals surface area contributed by atoms with E-state index in [2.05, 4.69) is 69.5 Å².